The molecule has 0 saturated carbocycles. The minimum absolute atomic E-state index is 0.0891. The standard InChI is InChI=1S/C12H13ClN4/c1-8(9-4-6-15-7-5-9)16-12-10(14)2-3-11(13)17-12/h2-8H,14H2,1H3,(H,16,17). The van der Waals surface area contributed by atoms with E-state index in [0.717, 1.165) is 5.56 Å². The molecule has 3 N–H and O–H groups in total. The normalized spacial score (nSPS) is 12.1. The maximum atomic E-state index is 5.83. The average Bonchev–Trinajstić information content (AvgIpc) is 2.35. The fourth-order valence-electron chi connectivity index (χ4n) is 1.50. The Balaban J connectivity index is 2.18. The lowest BCUT2D eigenvalue weighted by Gasteiger charge is -2.16. The predicted molar refractivity (Wildman–Crippen MR) is 69.9 cm³/mol. The van der Waals surface area contributed by atoms with Gasteiger partial charge in [0.25, 0.3) is 0 Å². The van der Waals surface area contributed by atoms with Crippen LogP contribution in [0.2, 0.25) is 5.15 Å². The first-order valence-corrected chi connectivity index (χ1v) is 5.63. The highest BCUT2D eigenvalue weighted by Crippen LogP contribution is 2.23. The summed E-state index contributed by atoms with van der Waals surface area (Å²) in [5.41, 5.74) is 7.51. The third kappa shape index (κ3) is 2.85. The Morgan fingerprint density at radius 1 is 1.24 bits per heavy atom. The molecule has 5 heteroatoms. The molecule has 0 saturated heterocycles. The van der Waals surface area contributed by atoms with Gasteiger partial charge in [-0.3, -0.25) is 4.98 Å². The van der Waals surface area contributed by atoms with Gasteiger partial charge in [0.1, 0.15) is 5.15 Å². The van der Waals surface area contributed by atoms with Crippen molar-refractivity contribution in [1.29, 1.82) is 0 Å². The van der Waals surface area contributed by atoms with Gasteiger partial charge in [-0.2, -0.15) is 0 Å². The highest BCUT2D eigenvalue weighted by atomic mass is 35.5. The van der Waals surface area contributed by atoms with Gasteiger partial charge in [-0.1, -0.05) is 11.6 Å². The Kier molecular flexibility index (Phi) is 3.44. The maximum Gasteiger partial charge on any atom is 0.151 e. The molecule has 0 aromatic carbocycles. The summed E-state index contributed by atoms with van der Waals surface area (Å²) < 4.78 is 0. The molecule has 2 aromatic heterocycles. The monoisotopic (exact) mass is 248 g/mol. The maximum absolute atomic E-state index is 5.83. The molecule has 2 rings (SSSR count). The molecule has 0 radical (unpaired) electrons. The molecule has 2 heterocycles. The second kappa shape index (κ2) is 5.01. The summed E-state index contributed by atoms with van der Waals surface area (Å²) >= 11 is 5.83. The zero-order chi connectivity index (χ0) is 12.3. The predicted octanol–water partition coefficient (Wildman–Crippen LogP) is 2.89. The number of nitrogens with one attached hydrogen (secondary N) is 1. The molecule has 0 spiro atoms. The molecule has 88 valence electrons. The van der Waals surface area contributed by atoms with Crippen molar-refractivity contribution in [3.63, 3.8) is 0 Å². The molecule has 0 fully saturated rings. The van der Waals surface area contributed by atoms with E-state index in [-0.39, 0.29) is 6.04 Å². The van der Waals surface area contributed by atoms with Crippen LogP contribution < -0.4 is 11.1 Å². The average molecular weight is 249 g/mol. The van der Waals surface area contributed by atoms with Gasteiger partial charge in [-0.15, -0.1) is 0 Å². The Bertz CT molecular complexity index is 501. The van der Waals surface area contributed by atoms with Gasteiger partial charge in [-0.25, -0.2) is 4.98 Å². The number of hydrogen-bond acceptors (Lipinski definition) is 4. The second-order valence-electron chi connectivity index (χ2n) is 3.72. The van der Waals surface area contributed by atoms with Gasteiger partial charge in [0.05, 0.1) is 11.7 Å². The molecule has 2 aromatic rings. The SMILES string of the molecule is CC(Nc1nc(Cl)ccc1N)c1ccncc1. The van der Waals surface area contributed by atoms with Crippen LogP contribution in [0.1, 0.15) is 18.5 Å². The smallest absolute Gasteiger partial charge is 0.151 e. The van der Waals surface area contributed by atoms with Crippen LogP contribution >= 0.6 is 11.6 Å². The third-order valence-electron chi connectivity index (χ3n) is 2.45. The van der Waals surface area contributed by atoms with Gasteiger partial charge in [0, 0.05) is 12.4 Å². The van der Waals surface area contributed by atoms with Gasteiger partial charge in [0.2, 0.25) is 0 Å². The van der Waals surface area contributed by atoms with Crippen LogP contribution in [0.5, 0.6) is 0 Å². The number of nitrogens with two attached hydrogens (primary N) is 1. The van der Waals surface area contributed by atoms with Crippen molar-refractivity contribution in [3.8, 4) is 0 Å². The Morgan fingerprint density at radius 3 is 2.65 bits per heavy atom. The fraction of sp³-hybridized carbons (Fsp3) is 0.167. The summed E-state index contributed by atoms with van der Waals surface area (Å²) in [6.07, 6.45) is 3.50. The van der Waals surface area contributed by atoms with Gasteiger partial charge in [-0.05, 0) is 36.8 Å². The van der Waals surface area contributed by atoms with Crippen LogP contribution in [0.4, 0.5) is 11.5 Å². The van der Waals surface area contributed by atoms with E-state index in [2.05, 4.69) is 15.3 Å². The molecule has 4 nitrogen and oxygen atoms in total. The number of anilines is 2. The van der Waals surface area contributed by atoms with E-state index >= 15 is 0 Å². The summed E-state index contributed by atoms with van der Waals surface area (Å²) in [7, 11) is 0. The lowest BCUT2D eigenvalue weighted by atomic mass is 10.1. The van der Waals surface area contributed by atoms with Crippen LogP contribution in [-0.4, -0.2) is 9.97 Å². The highest BCUT2D eigenvalue weighted by Gasteiger charge is 2.08. The lowest BCUT2D eigenvalue weighted by Crippen LogP contribution is -2.09. The van der Waals surface area contributed by atoms with Crippen molar-refractivity contribution < 1.29 is 0 Å². The Hall–Kier alpha value is -1.81. The van der Waals surface area contributed by atoms with Gasteiger partial charge in [0.15, 0.2) is 5.82 Å². The Morgan fingerprint density at radius 2 is 1.94 bits per heavy atom. The van der Waals surface area contributed by atoms with Gasteiger partial charge >= 0.3 is 0 Å². The second-order valence-corrected chi connectivity index (χ2v) is 4.11. The summed E-state index contributed by atoms with van der Waals surface area (Å²) in [6.45, 7) is 2.03. The summed E-state index contributed by atoms with van der Waals surface area (Å²) in [4.78, 5) is 8.13. The topological polar surface area (TPSA) is 63.8 Å². The first kappa shape index (κ1) is 11.7. The van der Waals surface area contributed by atoms with E-state index in [0.29, 0.717) is 16.7 Å². The molecule has 0 bridgehead atoms. The van der Waals surface area contributed by atoms with Crippen LogP contribution in [0.3, 0.4) is 0 Å². The molecule has 0 aliphatic rings. The van der Waals surface area contributed by atoms with Crippen molar-refractivity contribution in [2.45, 2.75) is 13.0 Å². The molecule has 17 heavy (non-hydrogen) atoms. The van der Waals surface area contributed by atoms with E-state index in [1.807, 2.05) is 19.1 Å². The van der Waals surface area contributed by atoms with Crippen molar-refractivity contribution in [2.75, 3.05) is 11.1 Å². The Labute approximate surface area is 105 Å². The van der Waals surface area contributed by atoms with E-state index in [9.17, 15) is 0 Å². The molecular weight excluding hydrogens is 236 g/mol. The minimum atomic E-state index is 0.0891. The number of aromatic nitrogens is 2. The highest BCUT2D eigenvalue weighted by molar-refractivity contribution is 6.29. The summed E-state index contributed by atoms with van der Waals surface area (Å²) in [6, 6.07) is 7.37. The lowest BCUT2D eigenvalue weighted by molar-refractivity contribution is 0.872. The summed E-state index contributed by atoms with van der Waals surface area (Å²) in [5, 5.41) is 3.64. The number of hydrogen-bond donors (Lipinski definition) is 2. The van der Waals surface area contributed by atoms with Crippen LogP contribution in [0, 0.1) is 0 Å². The number of halogens is 1. The molecule has 1 unspecified atom stereocenters. The van der Waals surface area contributed by atoms with Crippen molar-refractivity contribution in [1.82, 2.24) is 9.97 Å². The van der Waals surface area contributed by atoms with Gasteiger partial charge < -0.3 is 11.1 Å². The van der Waals surface area contributed by atoms with Crippen molar-refractivity contribution >= 4 is 23.1 Å². The molecular formula is C12H13ClN4. The fourth-order valence-corrected chi connectivity index (χ4v) is 1.65. The molecule has 0 aliphatic heterocycles. The van der Waals surface area contributed by atoms with E-state index in [1.54, 1.807) is 24.5 Å². The van der Waals surface area contributed by atoms with Crippen molar-refractivity contribution in [3.05, 3.63) is 47.4 Å². The number of pyridine rings is 2. The molecule has 1 atom stereocenters. The zero-order valence-corrected chi connectivity index (χ0v) is 10.1. The van der Waals surface area contributed by atoms with E-state index in [4.69, 9.17) is 17.3 Å². The van der Waals surface area contributed by atoms with Crippen molar-refractivity contribution in [2.24, 2.45) is 0 Å². The first-order chi connectivity index (χ1) is 8.16. The number of nitrogen functional groups attached to an aromatic ring is 1. The van der Waals surface area contributed by atoms with Crippen LogP contribution in [0.25, 0.3) is 0 Å². The van der Waals surface area contributed by atoms with Crippen LogP contribution in [0.15, 0.2) is 36.7 Å². The molecule has 0 amide bonds. The summed E-state index contributed by atoms with van der Waals surface area (Å²) in [5.74, 6) is 0.599. The van der Waals surface area contributed by atoms with Crippen LogP contribution in [-0.2, 0) is 0 Å². The number of rotatable bonds is 3. The largest absolute Gasteiger partial charge is 0.396 e. The quantitative estimate of drug-likeness (QED) is 0.820. The first-order valence-electron chi connectivity index (χ1n) is 5.25. The minimum Gasteiger partial charge on any atom is -0.396 e. The zero-order valence-electron chi connectivity index (χ0n) is 9.39. The third-order valence-corrected chi connectivity index (χ3v) is 2.66. The van der Waals surface area contributed by atoms with E-state index < -0.39 is 0 Å². The number of nitrogens with zero attached hydrogens (tertiary/aromatic N) is 2. The molecule has 0 aliphatic carbocycles. The van der Waals surface area contributed by atoms with E-state index in [1.165, 1.54) is 0 Å².